The second kappa shape index (κ2) is 5.40. The van der Waals surface area contributed by atoms with E-state index < -0.39 is 0 Å². The van der Waals surface area contributed by atoms with Crippen molar-refractivity contribution in [1.29, 1.82) is 0 Å². The van der Waals surface area contributed by atoms with Gasteiger partial charge in [0.15, 0.2) is 6.29 Å². The van der Waals surface area contributed by atoms with E-state index in [-0.39, 0.29) is 12.5 Å². The van der Waals surface area contributed by atoms with Gasteiger partial charge in [-0.25, -0.2) is 4.68 Å². The number of amides is 1. The maximum atomic E-state index is 11.6. The highest BCUT2D eigenvalue weighted by atomic mass is 16.2. The van der Waals surface area contributed by atoms with Crippen LogP contribution in [0.2, 0.25) is 0 Å². The normalized spacial score (nSPS) is 14.9. The molecular weight excluding hydrogens is 268 g/mol. The van der Waals surface area contributed by atoms with Gasteiger partial charge in [-0.1, -0.05) is 18.2 Å². The van der Waals surface area contributed by atoms with Crippen LogP contribution in [-0.2, 0) is 4.79 Å². The summed E-state index contributed by atoms with van der Waals surface area (Å²) in [4.78, 5) is 25.0. The van der Waals surface area contributed by atoms with Crippen LogP contribution in [0.3, 0.4) is 0 Å². The van der Waals surface area contributed by atoms with E-state index in [0.717, 1.165) is 12.0 Å². The molecule has 1 aromatic carbocycles. The molecule has 6 nitrogen and oxygen atoms in total. The highest BCUT2D eigenvalue weighted by Gasteiger charge is 2.25. The van der Waals surface area contributed by atoms with E-state index >= 15 is 0 Å². The summed E-state index contributed by atoms with van der Waals surface area (Å²) in [5.41, 5.74) is 2.07. The summed E-state index contributed by atoms with van der Waals surface area (Å²) in [7, 11) is 0. The summed E-state index contributed by atoms with van der Waals surface area (Å²) in [6.07, 6.45) is 0.809. The lowest BCUT2D eigenvalue weighted by atomic mass is 10.2. The first-order valence-corrected chi connectivity index (χ1v) is 6.82. The lowest BCUT2D eigenvalue weighted by Crippen LogP contribution is -2.48. The maximum Gasteiger partial charge on any atom is 0.239 e. The van der Waals surface area contributed by atoms with Crippen LogP contribution in [0.25, 0.3) is 5.69 Å². The SMILES string of the molecule is Cc1nn(-c2ccccc2)c(N2CCNC(=O)C2)c1C=O. The fourth-order valence-electron chi connectivity index (χ4n) is 2.54. The summed E-state index contributed by atoms with van der Waals surface area (Å²) < 4.78 is 1.73. The Morgan fingerprint density at radius 1 is 1.29 bits per heavy atom. The van der Waals surface area contributed by atoms with Gasteiger partial charge in [-0.3, -0.25) is 9.59 Å². The minimum absolute atomic E-state index is 0.0448. The summed E-state index contributed by atoms with van der Waals surface area (Å²) >= 11 is 0. The molecule has 0 atom stereocenters. The van der Waals surface area contributed by atoms with E-state index in [9.17, 15) is 9.59 Å². The van der Waals surface area contributed by atoms with Crippen LogP contribution < -0.4 is 10.2 Å². The number of carbonyl (C=O) groups is 2. The van der Waals surface area contributed by atoms with E-state index in [1.165, 1.54) is 0 Å². The van der Waals surface area contributed by atoms with Crippen LogP contribution in [-0.4, -0.2) is 41.6 Å². The van der Waals surface area contributed by atoms with Crippen molar-refractivity contribution in [2.24, 2.45) is 0 Å². The number of hydrogen-bond donors (Lipinski definition) is 1. The smallest absolute Gasteiger partial charge is 0.239 e. The van der Waals surface area contributed by atoms with Crippen LogP contribution in [0.4, 0.5) is 5.82 Å². The van der Waals surface area contributed by atoms with Gasteiger partial charge in [0.25, 0.3) is 0 Å². The monoisotopic (exact) mass is 284 g/mol. The Balaban J connectivity index is 2.12. The van der Waals surface area contributed by atoms with Gasteiger partial charge in [-0.2, -0.15) is 5.10 Å². The van der Waals surface area contributed by atoms with Gasteiger partial charge in [-0.15, -0.1) is 0 Å². The molecule has 0 bridgehead atoms. The molecule has 6 heteroatoms. The number of rotatable bonds is 3. The van der Waals surface area contributed by atoms with Crippen LogP contribution in [0, 0.1) is 6.92 Å². The highest BCUT2D eigenvalue weighted by Crippen LogP contribution is 2.26. The lowest BCUT2D eigenvalue weighted by Gasteiger charge is -2.29. The number of carbonyl (C=O) groups excluding carboxylic acids is 2. The van der Waals surface area contributed by atoms with E-state index in [1.807, 2.05) is 35.2 Å². The Bertz CT molecular complexity index is 678. The number of nitrogens with one attached hydrogen (secondary N) is 1. The molecule has 1 fully saturated rings. The molecule has 1 aromatic heterocycles. The third-order valence-corrected chi connectivity index (χ3v) is 3.54. The molecule has 1 amide bonds. The molecule has 0 aliphatic carbocycles. The average Bonchev–Trinajstić information content (AvgIpc) is 2.85. The van der Waals surface area contributed by atoms with Crippen molar-refractivity contribution in [2.45, 2.75) is 6.92 Å². The lowest BCUT2D eigenvalue weighted by molar-refractivity contribution is -0.120. The largest absolute Gasteiger partial charge is 0.353 e. The van der Waals surface area contributed by atoms with Crippen molar-refractivity contribution in [3.63, 3.8) is 0 Å². The van der Waals surface area contributed by atoms with Crippen molar-refractivity contribution in [1.82, 2.24) is 15.1 Å². The van der Waals surface area contributed by atoms with Gasteiger partial charge in [0.1, 0.15) is 5.82 Å². The zero-order chi connectivity index (χ0) is 14.8. The number of nitrogens with zero attached hydrogens (tertiary/aromatic N) is 3. The van der Waals surface area contributed by atoms with E-state index in [2.05, 4.69) is 10.4 Å². The number of piperazine rings is 1. The van der Waals surface area contributed by atoms with Gasteiger partial charge in [0, 0.05) is 13.1 Å². The Kier molecular flexibility index (Phi) is 3.43. The molecule has 2 aromatic rings. The molecule has 2 heterocycles. The second-order valence-corrected chi connectivity index (χ2v) is 4.96. The van der Waals surface area contributed by atoms with E-state index in [1.54, 1.807) is 11.6 Å². The number of benzene rings is 1. The van der Waals surface area contributed by atoms with Gasteiger partial charge in [0.2, 0.25) is 5.91 Å². The molecular formula is C15H16N4O2. The Hall–Kier alpha value is -2.63. The summed E-state index contributed by atoms with van der Waals surface area (Å²) in [6, 6.07) is 9.61. The topological polar surface area (TPSA) is 67.2 Å². The Morgan fingerprint density at radius 3 is 2.71 bits per heavy atom. The Labute approximate surface area is 122 Å². The molecule has 21 heavy (non-hydrogen) atoms. The number of aldehydes is 1. The first-order valence-electron chi connectivity index (χ1n) is 6.82. The third kappa shape index (κ3) is 2.40. The molecule has 0 radical (unpaired) electrons. The standard InChI is InChI=1S/C15H16N4O2/c1-11-13(10-20)15(18-8-7-16-14(21)9-18)19(17-11)12-5-3-2-4-6-12/h2-6,10H,7-9H2,1H3,(H,16,21). The quantitative estimate of drug-likeness (QED) is 0.851. The molecule has 0 spiro atoms. The van der Waals surface area contributed by atoms with E-state index in [4.69, 9.17) is 0 Å². The predicted molar refractivity (Wildman–Crippen MR) is 78.9 cm³/mol. The first kappa shape index (κ1) is 13.4. The van der Waals surface area contributed by atoms with Gasteiger partial charge in [-0.05, 0) is 19.1 Å². The first-order chi connectivity index (χ1) is 10.2. The number of para-hydroxylation sites is 1. The molecule has 108 valence electrons. The molecule has 1 N–H and O–H groups in total. The molecule has 3 rings (SSSR count). The molecule has 0 saturated carbocycles. The van der Waals surface area contributed by atoms with Gasteiger partial charge >= 0.3 is 0 Å². The zero-order valence-corrected chi connectivity index (χ0v) is 11.7. The van der Waals surface area contributed by atoms with Gasteiger partial charge in [0.05, 0.1) is 23.5 Å². The maximum absolute atomic E-state index is 11.6. The fraction of sp³-hybridized carbons (Fsp3) is 0.267. The average molecular weight is 284 g/mol. The van der Waals surface area contributed by atoms with Crippen LogP contribution >= 0.6 is 0 Å². The number of anilines is 1. The molecule has 1 aliphatic heterocycles. The van der Waals surface area contributed by atoms with Crippen LogP contribution in [0.5, 0.6) is 0 Å². The minimum atomic E-state index is -0.0448. The van der Waals surface area contributed by atoms with E-state index in [0.29, 0.717) is 30.2 Å². The minimum Gasteiger partial charge on any atom is -0.353 e. The number of hydrogen-bond acceptors (Lipinski definition) is 4. The van der Waals surface area contributed by atoms with Crippen molar-refractivity contribution in [2.75, 3.05) is 24.5 Å². The van der Waals surface area contributed by atoms with Crippen molar-refractivity contribution >= 4 is 18.0 Å². The number of aromatic nitrogens is 2. The van der Waals surface area contributed by atoms with Gasteiger partial charge < -0.3 is 10.2 Å². The second-order valence-electron chi connectivity index (χ2n) is 4.96. The number of aryl methyl sites for hydroxylation is 1. The third-order valence-electron chi connectivity index (χ3n) is 3.54. The van der Waals surface area contributed by atoms with Crippen LogP contribution in [0.15, 0.2) is 30.3 Å². The molecule has 1 saturated heterocycles. The molecule has 1 aliphatic rings. The van der Waals surface area contributed by atoms with Crippen molar-refractivity contribution in [3.8, 4) is 5.69 Å². The van der Waals surface area contributed by atoms with Crippen molar-refractivity contribution in [3.05, 3.63) is 41.6 Å². The summed E-state index contributed by atoms with van der Waals surface area (Å²) in [6.45, 7) is 3.26. The molecule has 0 unspecified atom stereocenters. The highest BCUT2D eigenvalue weighted by molar-refractivity contribution is 5.89. The van der Waals surface area contributed by atoms with Crippen molar-refractivity contribution < 1.29 is 9.59 Å². The predicted octanol–water partition coefficient (Wildman–Crippen LogP) is 0.929. The zero-order valence-electron chi connectivity index (χ0n) is 11.7. The summed E-state index contributed by atoms with van der Waals surface area (Å²) in [5, 5.41) is 7.25. The summed E-state index contributed by atoms with van der Waals surface area (Å²) in [5.74, 6) is 0.639. The fourth-order valence-corrected chi connectivity index (χ4v) is 2.54. The van der Waals surface area contributed by atoms with Crippen LogP contribution in [0.1, 0.15) is 16.1 Å². The Morgan fingerprint density at radius 2 is 2.05 bits per heavy atom.